The molecule has 1 aliphatic rings. The molecule has 0 saturated heterocycles. The molecule has 0 fully saturated rings. The van der Waals surface area contributed by atoms with Crippen LogP contribution in [0.2, 0.25) is 0 Å². The number of benzene rings is 2. The second kappa shape index (κ2) is 6.92. The first-order chi connectivity index (χ1) is 10.7. The van der Waals surface area contributed by atoms with E-state index in [1.165, 1.54) is 16.0 Å². The van der Waals surface area contributed by atoms with E-state index in [1.54, 1.807) is 11.8 Å². The summed E-state index contributed by atoms with van der Waals surface area (Å²) in [7, 11) is 0. The molecule has 3 rings (SSSR count). The molecule has 2 aromatic rings. The van der Waals surface area contributed by atoms with E-state index in [2.05, 4.69) is 72.7 Å². The first-order valence-electron chi connectivity index (χ1n) is 7.06. The van der Waals surface area contributed by atoms with E-state index in [4.69, 9.17) is 11.6 Å². The second-order valence-corrected chi connectivity index (χ2v) is 6.40. The highest BCUT2D eigenvalue weighted by Gasteiger charge is 2.07. The van der Waals surface area contributed by atoms with Gasteiger partial charge >= 0.3 is 0 Å². The molecule has 0 nitrogen and oxygen atoms in total. The number of hydrogen-bond acceptors (Lipinski definition) is 1. The van der Waals surface area contributed by atoms with Crippen molar-refractivity contribution in [3.05, 3.63) is 82.4 Å². The third kappa shape index (κ3) is 3.65. The Morgan fingerprint density at radius 3 is 1.95 bits per heavy atom. The maximum Gasteiger partial charge on any atom is 0.0249 e. The molecule has 0 spiro atoms. The van der Waals surface area contributed by atoms with Crippen LogP contribution >= 0.6 is 23.4 Å². The van der Waals surface area contributed by atoms with Crippen LogP contribution in [-0.2, 0) is 0 Å². The van der Waals surface area contributed by atoms with Crippen molar-refractivity contribution >= 4 is 28.9 Å². The minimum Gasteiger partial charge on any atom is -0.130 e. The Kier molecular flexibility index (Phi) is 4.73. The maximum absolute atomic E-state index is 6.01. The molecule has 0 unspecified atom stereocenters. The summed E-state index contributed by atoms with van der Waals surface area (Å²) in [6, 6.07) is 16.7. The summed E-state index contributed by atoms with van der Waals surface area (Å²) in [4.78, 5) is 1.26. The van der Waals surface area contributed by atoms with Crippen LogP contribution in [0.5, 0.6) is 0 Å². The maximum atomic E-state index is 6.01. The van der Waals surface area contributed by atoms with Gasteiger partial charge in [-0.2, -0.15) is 0 Å². The molecule has 0 heterocycles. The quantitative estimate of drug-likeness (QED) is 0.503. The van der Waals surface area contributed by atoms with Crippen LogP contribution in [-0.4, -0.2) is 6.26 Å². The first kappa shape index (κ1) is 15.0. The molecule has 0 aliphatic heterocycles. The Morgan fingerprint density at radius 2 is 1.45 bits per heavy atom. The highest BCUT2D eigenvalue weighted by molar-refractivity contribution is 7.98. The van der Waals surface area contributed by atoms with E-state index in [0.29, 0.717) is 0 Å². The van der Waals surface area contributed by atoms with E-state index >= 15 is 0 Å². The number of halogens is 1. The molecule has 2 heteroatoms. The molecule has 2 aromatic carbocycles. The summed E-state index contributed by atoms with van der Waals surface area (Å²) in [5.41, 5.74) is 4.53. The number of rotatable bonds is 2. The lowest BCUT2D eigenvalue weighted by Crippen LogP contribution is -1.83. The molecule has 108 valence electrons. The third-order valence-corrected chi connectivity index (χ3v) is 4.52. The summed E-state index contributed by atoms with van der Waals surface area (Å²) in [6.45, 7) is 0. The van der Waals surface area contributed by atoms with Gasteiger partial charge in [0.05, 0.1) is 0 Å². The minimum absolute atomic E-state index is 0.828. The van der Waals surface area contributed by atoms with Crippen LogP contribution in [0.15, 0.2) is 70.6 Å². The van der Waals surface area contributed by atoms with Crippen molar-refractivity contribution in [2.75, 3.05) is 6.26 Å². The van der Waals surface area contributed by atoms with Gasteiger partial charge in [-0.3, -0.25) is 0 Å². The molecule has 22 heavy (non-hydrogen) atoms. The molecular formula is C20H15ClS. The lowest BCUT2D eigenvalue weighted by molar-refractivity contribution is 1.40. The molecule has 0 radical (unpaired) electrons. The zero-order valence-electron chi connectivity index (χ0n) is 12.3. The van der Waals surface area contributed by atoms with Gasteiger partial charge in [-0.25, -0.2) is 0 Å². The fourth-order valence-electron chi connectivity index (χ4n) is 2.28. The molecule has 0 saturated carbocycles. The van der Waals surface area contributed by atoms with Crippen molar-refractivity contribution < 1.29 is 0 Å². The lowest BCUT2D eigenvalue weighted by atomic mass is 10.0. The molecule has 0 amide bonds. The molecule has 1 aliphatic carbocycles. The largest absolute Gasteiger partial charge is 0.130 e. The SMILES string of the molecule is CSc1ccc(C#Cc2ccc(C3=CC=C(Cl)C3)cc2)cc1. The van der Waals surface area contributed by atoms with Crippen LogP contribution in [0.25, 0.3) is 5.57 Å². The van der Waals surface area contributed by atoms with Crippen molar-refractivity contribution in [1.82, 2.24) is 0 Å². The van der Waals surface area contributed by atoms with Crippen LogP contribution in [0, 0.1) is 11.8 Å². The lowest BCUT2D eigenvalue weighted by Gasteiger charge is -2.02. The highest BCUT2D eigenvalue weighted by Crippen LogP contribution is 2.29. The van der Waals surface area contributed by atoms with Gasteiger partial charge in [0.25, 0.3) is 0 Å². The summed E-state index contributed by atoms with van der Waals surface area (Å²) in [5, 5.41) is 0.896. The summed E-state index contributed by atoms with van der Waals surface area (Å²) in [6.07, 6.45) is 6.94. The van der Waals surface area contributed by atoms with E-state index < -0.39 is 0 Å². The highest BCUT2D eigenvalue weighted by atomic mass is 35.5. The van der Waals surface area contributed by atoms with Crippen molar-refractivity contribution in [3.63, 3.8) is 0 Å². The Labute approximate surface area is 140 Å². The zero-order valence-corrected chi connectivity index (χ0v) is 13.8. The average Bonchev–Trinajstić information content (AvgIpc) is 3.00. The summed E-state index contributed by atoms with van der Waals surface area (Å²) >= 11 is 7.75. The molecule has 0 atom stereocenters. The van der Waals surface area contributed by atoms with Gasteiger partial charge in [0.2, 0.25) is 0 Å². The van der Waals surface area contributed by atoms with Crippen molar-refractivity contribution in [2.45, 2.75) is 11.3 Å². The fraction of sp³-hybridized carbons (Fsp3) is 0.100. The predicted octanol–water partition coefficient (Wildman–Crippen LogP) is 5.72. The Morgan fingerprint density at radius 1 is 0.864 bits per heavy atom. The molecular weight excluding hydrogens is 308 g/mol. The van der Waals surface area contributed by atoms with Gasteiger partial charge in [0.15, 0.2) is 0 Å². The van der Waals surface area contributed by atoms with E-state index in [1.807, 2.05) is 6.08 Å². The van der Waals surface area contributed by atoms with Crippen molar-refractivity contribution in [3.8, 4) is 11.8 Å². The van der Waals surface area contributed by atoms with Gasteiger partial charge in [-0.05, 0) is 59.9 Å². The van der Waals surface area contributed by atoms with Gasteiger partial charge < -0.3 is 0 Å². The van der Waals surface area contributed by atoms with Gasteiger partial charge in [-0.1, -0.05) is 41.7 Å². The Hall–Kier alpha value is -1.88. The number of thioether (sulfide) groups is 1. The smallest absolute Gasteiger partial charge is 0.0249 e. The van der Waals surface area contributed by atoms with E-state index in [9.17, 15) is 0 Å². The first-order valence-corrected chi connectivity index (χ1v) is 8.66. The number of allylic oxidation sites excluding steroid dienone is 4. The van der Waals surface area contributed by atoms with Crippen molar-refractivity contribution in [1.29, 1.82) is 0 Å². The third-order valence-electron chi connectivity index (χ3n) is 3.52. The van der Waals surface area contributed by atoms with Gasteiger partial charge in [0, 0.05) is 27.5 Å². The standard InChI is InChI=1S/C20H15ClS/c1-22-20-12-6-16(7-13-20)3-2-15-4-8-17(9-5-15)18-10-11-19(21)14-18/h4-13H,14H2,1H3. The predicted molar refractivity (Wildman–Crippen MR) is 97.2 cm³/mol. The monoisotopic (exact) mass is 322 g/mol. The van der Waals surface area contributed by atoms with Gasteiger partial charge in [-0.15, -0.1) is 11.8 Å². The van der Waals surface area contributed by atoms with Crippen LogP contribution < -0.4 is 0 Å². The van der Waals surface area contributed by atoms with Crippen LogP contribution in [0.3, 0.4) is 0 Å². The average molecular weight is 323 g/mol. The van der Waals surface area contributed by atoms with Gasteiger partial charge in [0.1, 0.15) is 0 Å². The molecule has 0 N–H and O–H groups in total. The van der Waals surface area contributed by atoms with E-state index in [-0.39, 0.29) is 0 Å². The molecule has 0 bridgehead atoms. The Bertz CT molecular complexity index is 784. The normalized spacial score (nSPS) is 13.2. The van der Waals surface area contributed by atoms with Crippen molar-refractivity contribution in [2.24, 2.45) is 0 Å². The zero-order chi connectivity index (χ0) is 15.4. The number of hydrogen-bond donors (Lipinski definition) is 0. The van der Waals surface area contributed by atoms with Crippen LogP contribution in [0.1, 0.15) is 23.1 Å². The summed E-state index contributed by atoms with van der Waals surface area (Å²) < 4.78 is 0. The summed E-state index contributed by atoms with van der Waals surface area (Å²) in [5.74, 6) is 6.41. The second-order valence-electron chi connectivity index (χ2n) is 5.04. The van der Waals surface area contributed by atoms with E-state index in [0.717, 1.165) is 22.6 Å². The minimum atomic E-state index is 0.828. The topological polar surface area (TPSA) is 0 Å². The fourth-order valence-corrected chi connectivity index (χ4v) is 2.89. The molecule has 0 aromatic heterocycles. The van der Waals surface area contributed by atoms with Crippen LogP contribution in [0.4, 0.5) is 0 Å². The Balaban J connectivity index is 1.72.